The summed E-state index contributed by atoms with van der Waals surface area (Å²) in [7, 11) is 0. The molecule has 0 bridgehead atoms. The molecule has 1 aromatic carbocycles. The molecular formula is C14H21N3O3S. The summed E-state index contributed by atoms with van der Waals surface area (Å²) >= 11 is 1.82. The number of piperazine rings is 1. The molecule has 2 heterocycles. The number of nitrogens with zero attached hydrogens (tertiary/aromatic N) is 1. The number of amides is 1. The summed E-state index contributed by atoms with van der Waals surface area (Å²) in [6.07, 6.45) is 1.29. The van der Waals surface area contributed by atoms with Crippen LogP contribution in [0.1, 0.15) is 18.5 Å². The summed E-state index contributed by atoms with van der Waals surface area (Å²) in [5.41, 5.74) is 2.13. The first-order valence-electron chi connectivity index (χ1n) is 6.43. The van der Waals surface area contributed by atoms with Gasteiger partial charge in [0.1, 0.15) is 0 Å². The quantitative estimate of drug-likeness (QED) is 0.613. The molecule has 2 aliphatic rings. The second-order valence-electron chi connectivity index (χ2n) is 4.92. The van der Waals surface area contributed by atoms with Crippen LogP contribution in [0.3, 0.4) is 0 Å². The van der Waals surface area contributed by atoms with Gasteiger partial charge >= 0.3 is 0 Å². The van der Waals surface area contributed by atoms with E-state index in [1.54, 1.807) is 0 Å². The number of fused-ring (bicyclic) bond motifs is 3. The highest BCUT2D eigenvalue weighted by Gasteiger charge is 2.36. The van der Waals surface area contributed by atoms with Gasteiger partial charge in [0.05, 0.1) is 6.04 Å². The summed E-state index contributed by atoms with van der Waals surface area (Å²) in [5, 5.41) is 6.28. The number of carbonyl (C=O) groups is 1. The van der Waals surface area contributed by atoms with Crippen LogP contribution < -0.4 is 10.6 Å². The molecule has 2 aliphatic heterocycles. The van der Waals surface area contributed by atoms with Crippen LogP contribution in [0, 0.1) is 0 Å². The topological polar surface area (TPSA) is 107 Å². The first-order chi connectivity index (χ1) is 9.19. The van der Waals surface area contributed by atoms with Gasteiger partial charge in [-0.05, 0) is 48.7 Å². The SMILES string of the molecule is C=CC(=O)Nc1ccc2c(c1)C1CNCC(C)N1S2.O.O. The van der Waals surface area contributed by atoms with Crippen LogP contribution in [-0.4, -0.2) is 40.3 Å². The van der Waals surface area contributed by atoms with Gasteiger partial charge in [-0.2, -0.15) is 0 Å². The maximum absolute atomic E-state index is 11.4. The summed E-state index contributed by atoms with van der Waals surface area (Å²) in [6, 6.07) is 7.02. The van der Waals surface area contributed by atoms with E-state index in [2.05, 4.69) is 40.6 Å². The van der Waals surface area contributed by atoms with E-state index in [1.807, 2.05) is 18.0 Å². The Morgan fingerprint density at radius 1 is 1.48 bits per heavy atom. The molecule has 21 heavy (non-hydrogen) atoms. The Labute approximate surface area is 128 Å². The van der Waals surface area contributed by atoms with Gasteiger partial charge in [-0.1, -0.05) is 6.58 Å². The summed E-state index contributed by atoms with van der Waals surface area (Å²) in [6.45, 7) is 7.69. The second-order valence-corrected chi connectivity index (χ2v) is 5.96. The zero-order chi connectivity index (χ0) is 13.4. The molecule has 116 valence electrons. The predicted octanol–water partition coefficient (Wildman–Crippen LogP) is 0.517. The number of rotatable bonds is 2. The first kappa shape index (κ1) is 17.7. The lowest BCUT2D eigenvalue weighted by Gasteiger charge is -2.35. The number of benzene rings is 1. The lowest BCUT2D eigenvalue weighted by Crippen LogP contribution is -2.46. The molecule has 1 saturated heterocycles. The van der Waals surface area contributed by atoms with Crippen molar-refractivity contribution in [3.8, 4) is 0 Å². The summed E-state index contributed by atoms with van der Waals surface area (Å²) in [5.74, 6) is -0.169. The smallest absolute Gasteiger partial charge is 0.247 e. The fraction of sp³-hybridized carbons (Fsp3) is 0.357. The highest BCUT2D eigenvalue weighted by Crippen LogP contribution is 2.47. The Morgan fingerprint density at radius 2 is 2.24 bits per heavy atom. The third-order valence-electron chi connectivity index (χ3n) is 3.54. The van der Waals surface area contributed by atoms with Crippen molar-refractivity contribution >= 4 is 23.5 Å². The average Bonchev–Trinajstić information content (AvgIpc) is 2.78. The second kappa shape index (κ2) is 7.06. The van der Waals surface area contributed by atoms with Crippen LogP contribution in [0.5, 0.6) is 0 Å². The fourth-order valence-electron chi connectivity index (χ4n) is 2.59. The molecule has 7 heteroatoms. The molecule has 1 aromatic rings. The maximum Gasteiger partial charge on any atom is 0.247 e. The van der Waals surface area contributed by atoms with Crippen molar-refractivity contribution in [1.29, 1.82) is 0 Å². The van der Waals surface area contributed by atoms with Gasteiger partial charge in [0.25, 0.3) is 0 Å². The highest BCUT2D eigenvalue weighted by atomic mass is 32.2. The van der Waals surface area contributed by atoms with Gasteiger partial charge in [0, 0.05) is 29.7 Å². The molecule has 2 atom stereocenters. The molecule has 6 nitrogen and oxygen atoms in total. The van der Waals surface area contributed by atoms with E-state index in [0.29, 0.717) is 12.1 Å². The van der Waals surface area contributed by atoms with E-state index < -0.39 is 0 Å². The third kappa shape index (κ3) is 3.28. The minimum atomic E-state index is -0.169. The van der Waals surface area contributed by atoms with Crippen LogP contribution in [0.4, 0.5) is 5.69 Å². The Morgan fingerprint density at radius 3 is 2.95 bits per heavy atom. The first-order valence-corrected chi connectivity index (χ1v) is 7.21. The van der Waals surface area contributed by atoms with Crippen molar-refractivity contribution in [2.75, 3.05) is 18.4 Å². The minimum absolute atomic E-state index is 0. The molecule has 6 N–H and O–H groups in total. The van der Waals surface area contributed by atoms with Crippen molar-refractivity contribution in [2.45, 2.75) is 23.9 Å². The summed E-state index contributed by atoms with van der Waals surface area (Å²) < 4.78 is 2.44. The normalized spacial score (nSPS) is 23.1. The van der Waals surface area contributed by atoms with Crippen molar-refractivity contribution in [3.63, 3.8) is 0 Å². The van der Waals surface area contributed by atoms with Gasteiger partial charge in [-0.25, -0.2) is 4.31 Å². The van der Waals surface area contributed by atoms with Crippen molar-refractivity contribution in [1.82, 2.24) is 9.62 Å². The van der Waals surface area contributed by atoms with Crippen LogP contribution >= 0.6 is 11.9 Å². The zero-order valence-electron chi connectivity index (χ0n) is 11.8. The molecule has 3 rings (SSSR count). The highest BCUT2D eigenvalue weighted by molar-refractivity contribution is 7.97. The Hall–Kier alpha value is -1.38. The number of carbonyl (C=O) groups excluding carboxylic acids is 1. The molecule has 0 saturated carbocycles. The van der Waals surface area contributed by atoms with Crippen molar-refractivity contribution in [3.05, 3.63) is 36.4 Å². The number of anilines is 1. The number of hydrogen-bond acceptors (Lipinski definition) is 4. The van der Waals surface area contributed by atoms with Gasteiger partial charge in [-0.15, -0.1) is 0 Å². The van der Waals surface area contributed by atoms with Crippen molar-refractivity contribution in [2.24, 2.45) is 0 Å². The van der Waals surface area contributed by atoms with Crippen LogP contribution in [-0.2, 0) is 4.79 Å². The van der Waals surface area contributed by atoms with Crippen LogP contribution in [0.2, 0.25) is 0 Å². The molecule has 0 aliphatic carbocycles. The lowest BCUT2D eigenvalue weighted by atomic mass is 10.0. The lowest BCUT2D eigenvalue weighted by molar-refractivity contribution is -0.111. The van der Waals surface area contributed by atoms with E-state index in [9.17, 15) is 4.79 Å². The fourth-order valence-corrected chi connectivity index (χ4v) is 3.82. The molecule has 0 aromatic heterocycles. The van der Waals surface area contributed by atoms with Crippen LogP contribution in [0.15, 0.2) is 35.7 Å². The molecular weight excluding hydrogens is 290 g/mol. The zero-order valence-corrected chi connectivity index (χ0v) is 12.7. The van der Waals surface area contributed by atoms with Gasteiger partial charge in [0.2, 0.25) is 5.91 Å². The molecule has 1 fully saturated rings. The van der Waals surface area contributed by atoms with Gasteiger partial charge in [-0.3, -0.25) is 4.79 Å². The van der Waals surface area contributed by atoms with E-state index in [4.69, 9.17) is 0 Å². The summed E-state index contributed by atoms with van der Waals surface area (Å²) in [4.78, 5) is 12.6. The monoisotopic (exact) mass is 311 g/mol. The molecule has 2 unspecified atom stereocenters. The molecule has 0 radical (unpaired) electrons. The average molecular weight is 311 g/mol. The Balaban J connectivity index is 0.00000110. The Kier molecular flexibility index (Phi) is 5.94. The van der Waals surface area contributed by atoms with E-state index in [-0.39, 0.29) is 16.9 Å². The standard InChI is InChI=1S/C14H17N3OS.2H2O/c1-3-14(18)16-10-4-5-13-11(6-10)12-8-15-7-9(2)17(12)19-13;;/h3-6,9,12,15H,1,7-8H2,2H3,(H,16,18);2*1H2. The Bertz CT molecular complexity index is 538. The predicted molar refractivity (Wildman–Crippen MR) is 85.3 cm³/mol. The van der Waals surface area contributed by atoms with E-state index >= 15 is 0 Å². The third-order valence-corrected chi connectivity index (χ3v) is 4.94. The molecule has 0 spiro atoms. The maximum atomic E-state index is 11.4. The van der Waals surface area contributed by atoms with E-state index in [1.165, 1.54) is 16.5 Å². The van der Waals surface area contributed by atoms with Gasteiger partial charge in [0.15, 0.2) is 0 Å². The van der Waals surface area contributed by atoms with Crippen molar-refractivity contribution < 1.29 is 15.7 Å². The molecule has 1 amide bonds. The number of hydrogen-bond donors (Lipinski definition) is 2. The minimum Gasteiger partial charge on any atom is -0.412 e. The van der Waals surface area contributed by atoms with Crippen LogP contribution in [0.25, 0.3) is 0 Å². The largest absolute Gasteiger partial charge is 0.412 e. The van der Waals surface area contributed by atoms with E-state index in [0.717, 1.165) is 18.8 Å². The number of nitrogens with one attached hydrogen (secondary N) is 2. The van der Waals surface area contributed by atoms with Gasteiger partial charge < -0.3 is 21.6 Å².